The van der Waals surface area contributed by atoms with Gasteiger partial charge in [0.15, 0.2) is 0 Å². The highest BCUT2D eigenvalue weighted by atomic mass is 19.1. The summed E-state index contributed by atoms with van der Waals surface area (Å²) in [6.07, 6.45) is 0. The molecule has 1 aliphatic heterocycles. The van der Waals surface area contributed by atoms with Crippen LogP contribution in [0, 0.1) is 11.6 Å². The Morgan fingerprint density at radius 2 is 1.78 bits per heavy atom. The van der Waals surface area contributed by atoms with Crippen molar-refractivity contribution in [3.05, 3.63) is 65.2 Å². The predicted molar refractivity (Wildman–Crippen MR) is 79.5 cm³/mol. The second-order valence-electron chi connectivity index (χ2n) is 4.96. The van der Waals surface area contributed by atoms with Gasteiger partial charge in [0.1, 0.15) is 48.9 Å². The van der Waals surface area contributed by atoms with Crippen molar-refractivity contribution < 1.29 is 22.6 Å². The largest absolute Gasteiger partial charge is 0.491 e. The number of benzene rings is 2. The highest BCUT2D eigenvalue weighted by Crippen LogP contribution is 2.28. The molecule has 0 fully saturated rings. The average molecular weight is 321 g/mol. The van der Waals surface area contributed by atoms with Crippen LogP contribution in [0.2, 0.25) is 0 Å². The topological polar surface area (TPSA) is 30.8 Å². The molecule has 2 aromatic carbocycles. The number of aliphatic imine (C=N–C) groups is 1. The molecule has 3 nitrogen and oxygen atoms in total. The number of nitrogens with zero attached hydrogens (tertiary/aromatic N) is 1. The monoisotopic (exact) mass is 321 g/mol. The standard InChI is InChI=1S/C17H14F3NO2/c18-8-9-22-12-6-4-11(5-7-12)15-10-23-17(21-15)16-13(19)2-1-3-14(16)20/h1-7,15H,8-10H2. The van der Waals surface area contributed by atoms with Crippen LogP contribution < -0.4 is 4.74 Å². The second-order valence-corrected chi connectivity index (χ2v) is 4.96. The van der Waals surface area contributed by atoms with Gasteiger partial charge in [0.05, 0.1) is 0 Å². The van der Waals surface area contributed by atoms with Crippen LogP contribution in [-0.2, 0) is 4.74 Å². The third-order valence-corrected chi connectivity index (χ3v) is 3.44. The van der Waals surface area contributed by atoms with Crippen LogP contribution in [0.25, 0.3) is 0 Å². The van der Waals surface area contributed by atoms with Gasteiger partial charge in [0.2, 0.25) is 5.90 Å². The maximum Gasteiger partial charge on any atom is 0.222 e. The quantitative estimate of drug-likeness (QED) is 0.838. The Bertz CT molecular complexity index is 696. The van der Waals surface area contributed by atoms with E-state index in [1.165, 1.54) is 6.07 Å². The summed E-state index contributed by atoms with van der Waals surface area (Å²) >= 11 is 0. The molecule has 2 aromatic rings. The summed E-state index contributed by atoms with van der Waals surface area (Å²) in [7, 11) is 0. The SMILES string of the molecule is FCCOc1ccc(C2COC(c3c(F)cccc3F)=N2)cc1. The van der Waals surface area contributed by atoms with Crippen LogP contribution in [0.1, 0.15) is 17.2 Å². The lowest BCUT2D eigenvalue weighted by molar-refractivity contribution is 0.273. The summed E-state index contributed by atoms with van der Waals surface area (Å²) in [5.41, 5.74) is 0.572. The minimum absolute atomic E-state index is 0.000742. The average Bonchev–Trinajstić information content (AvgIpc) is 3.03. The van der Waals surface area contributed by atoms with E-state index in [0.717, 1.165) is 17.7 Å². The van der Waals surface area contributed by atoms with E-state index in [1.807, 2.05) is 0 Å². The zero-order chi connectivity index (χ0) is 16.2. The number of hydrogen-bond donors (Lipinski definition) is 0. The van der Waals surface area contributed by atoms with Crippen molar-refractivity contribution in [1.29, 1.82) is 0 Å². The minimum Gasteiger partial charge on any atom is -0.491 e. The van der Waals surface area contributed by atoms with Crippen LogP contribution in [-0.4, -0.2) is 25.8 Å². The Hall–Kier alpha value is -2.50. The van der Waals surface area contributed by atoms with E-state index in [4.69, 9.17) is 9.47 Å². The molecule has 0 N–H and O–H groups in total. The third kappa shape index (κ3) is 3.31. The lowest BCUT2D eigenvalue weighted by Crippen LogP contribution is -2.07. The van der Waals surface area contributed by atoms with Gasteiger partial charge in [-0.1, -0.05) is 18.2 Å². The molecule has 3 rings (SSSR count). The second kappa shape index (κ2) is 6.73. The van der Waals surface area contributed by atoms with Gasteiger partial charge in [-0.05, 0) is 29.8 Å². The normalized spacial score (nSPS) is 16.8. The van der Waals surface area contributed by atoms with Crippen LogP contribution >= 0.6 is 0 Å². The fourth-order valence-electron chi connectivity index (χ4n) is 2.33. The van der Waals surface area contributed by atoms with Gasteiger partial charge >= 0.3 is 0 Å². The Morgan fingerprint density at radius 1 is 1.09 bits per heavy atom. The summed E-state index contributed by atoms with van der Waals surface area (Å²) in [6.45, 7) is -0.353. The number of alkyl halides is 1. The van der Waals surface area contributed by atoms with Crippen molar-refractivity contribution in [3.63, 3.8) is 0 Å². The van der Waals surface area contributed by atoms with E-state index in [2.05, 4.69) is 4.99 Å². The van der Waals surface area contributed by atoms with Gasteiger partial charge in [-0.15, -0.1) is 0 Å². The van der Waals surface area contributed by atoms with Gasteiger partial charge in [-0.3, -0.25) is 0 Å². The smallest absolute Gasteiger partial charge is 0.222 e. The molecular formula is C17H14F3NO2. The van der Waals surface area contributed by atoms with Crippen LogP contribution in [0.15, 0.2) is 47.5 Å². The lowest BCUT2D eigenvalue weighted by Gasteiger charge is -2.07. The number of halogens is 3. The maximum atomic E-state index is 13.8. The minimum atomic E-state index is -0.709. The summed E-state index contributed by atoms with van der Waals surface area (Å²) in [6, 6.07) is 10.2. The van der Waals surface area contributed by atoms with Gasteiger partial charge in [0.25, 0.3) is 0 Å². The molecule has 0 spiro atoms. The Morgan fingerprint density at radius 3 is 2.43 bits per heavy atom. The van der Waals surface area contributed by atoms with Crippen molar-refractivity contribution in [1.82, 2.24) is 0 Å². The molecule has 1 heterocycles. The number of hydrogen-bond acceptors (Lipinski definition) is 3. The molecule has 0 radical (unpaired) electrons. The van der Waals surface area contributed by atoms with Crippen molar-refractivity contribution in [2.24, 2.45) is 4.99 Å². The van der Waals surface area contributed by atoms with Crippen molar-refractivity contribution in [3.8, 4) is 5.75 Å². The van der Waals surface area contributed by atoms with E-state index in [-0.39, 0.29) is 30.7 Å². The van der Waals surface area contributed by atoms with Gasteiger partial charge in [-0.2, -0.15) is 0 Å². The molecule has 0 saturated heterocycles. The summed E-state index contributed by atoms with van der Waals surface area (Å²) in [4.78, 5) is 4.26. The fourth-order valence-corrected chi connectivity index (χ4v) is 2.33. The Balaban J connectivity index is 1.79. The van der Waals surface area contributed by atoms with E-state index < -0.39 is 18.3 Å². The molecule has 0 amide bonds. The van der Waals surface area contributed by atoms with E-state index >= 15 is 0 Å². The van der Waals surface area contributed by atoms with Gasteiger partial charge < -0.3 is 9.47 Å². The molecule has 120 valence electrons. The zero-order valence-corrected chi connectivity index (χ0v) is 12.1. The first-order valence-corrected chi connectivity index (χ1v) is 7.12. The zero-order valence-electron chi connectivity index (χ0n) is 12.1. The van der Waals surface area contributed by atoms with Gasteiger partial charge in [-0.25, -0.2) is 18.2 Å². The van der Waals surface area contributed by atoms with Crippen LogP contribution in [0.5, 0.6) is 5.75 Å². The first-order chi connectivity index (χ1) is 11.2. The third-order valence-electron chi connectivity index (χ3n) is 3.44. The molecule has 0 saturated carbocycles. The van der Waals surface area contributed by atoms with E-state index in [9.17, 15) is 13.2 Å². The summed E-state index contributed by atoms with van der Waals surface area (Å²) < 4.78 is 50.1. The molecule has 1 aliphatic rings. The number of rotatable bonds is 5. The van der Waals surface area contributed by atoms with Gasteiger partial charge in [0, 0.05) is 0 Å². The van der Waals surface area contributed by atoms with Crippen molar-refractivity contribution in [2.75, 3.05) is 19.9 Å². The Kier molecular flexibility index (Phi) is 4.50. The van der Waals surface area contributed by atoms with E-state index in [1.54, 1.807) is 24.3 Å². The lowest BCUT2D eigenvalue weighted by atomic mass is 10.1. The summed E-state index contributed by atoms with van der Waals surface area (Å²) in [5, 5.41) is 0. The maximum absolute atomic E-state index is 13.8. The van der Waals surface area contributed by atoms with Crippen molar-refractivity contribution >= 4 is 5.90 Å². The molecular weight excluding hydrogens is 307 g/mol. The Labute approximate surface area is 131 Å². The van der Waals surface area contributed by atoms with Crippen molar-refractivity contribution in [2.45, 2.75) is 6.04 Å². The van der Waals surface area contributed by atoms with Crippen LogP contribution in [0.3, 0.4) is 0 Å². The first kappa shape index (κ1) is 15.4. The molecule has 23 heavy (non-hydrogen) atoms. The van der Waals surface area contributed by atoms with E-state index in [0.29, 0.717) is 5.75 Å². The highest BCUT2D eigenvalue weighted by Gasteiger charge is 2.26. The number of ether oxygens (including phenoxy) is 2. The molecule has 1 atom stereocenters. The molecule has 1 unspecified atom stereocenters. The molecule has 0 aromatic heterocycles. The van der Waals surface area contributed by atoms with Crippen LogP contribution in [0.4, 0.5) is 13.2 Å². The first-order valence-electron chi connectivity index (χ1n) is 7.12. The fraction of sp³-hybridized carbons (Fsp3) is 0.235. The molecule has 0 bridgehead atoms. The predicted octanol–water partition coefficient (Wildman–Crippen LogP) is 3.83. The highest BCUT2D eigenvalue weighted by molar-refractivity contribution is 5.95. The summed E-state index contributed by atoms with van der Waals surface area (Å²) in [5.74, 6) is -0.906. The molecule has 0 aliphatic carbocycles. The molecule has 6 heteroatoms.